The number of aliphatic hydroxyl groups is 1. The summed E-state index contributed by atoms with van der Waals surface area (Å²) >= 11 is 5.80. The van der Waals surface area contributed by atoms with Gasteiger partial charge in [0.15, 0.2) is 5.76 Å². The third kappa shape index (κ3) is 9.31. The number of carbonyl (C=O) groups excluding carboxylic acids is 1. The molecular formula is C21H29ClN2O3. The van der Waals surface area contributed by atoms with Crippen LogP contribution in [0.25, 0.3) is 0 Å². The number of carbonyl (C=O) groups is 1. The van der Waals surface area contributed by atoms with E-state index in [1.54, 1.807) is 13.0 Å². The van der Waals surface area contributed by atoms with Gasteiger partial charge in [-0.15, -0.1) is 0 Å². The number of halogens is 1. The third-order valence-corrected chi connectivity index (χ3v) is 4.08. The molecule has 3 N–H and O–H groups in total. The van der Waals surface area contributed by atoms with Crippen molar-refractivity contribution < 1.29 is 14.6 Å². The van der Waals surface area contributed by atoms with Gasteiger partial charge in [0.05, 0.1) is 16.8 Å². The van der Waals surface area contributed by atoms with Gasteiger partial charge in [0.2, 0.25) is 5.91 Å². The molecule has 0 fully saturated rings. The molecule has 27 heavy (non-hydrogen) atoms. The molecule has 1 atom stereocenters. The quantitative estimate of drug-likeness (QED) is 0.294. The number of hydrogen-bond acceptors (Lipinski definition) is 4. The second-order valence-electron chi connectivity index (χ2n) is 6.23. The Morgan fingerprint density at radius 2 is 2.04 bits per heavy atom. The van der Waals surface area contributed by atoms with Crippen LogP contribution in [0.2, 0.25) is 0 Å². The van der Waals surface area contributed by atoms with Crippen molar-refractivity contribution in [1.82, 2.24) is 10.6 Å². The summed E-state index contributed by atoms with van der Waals surface area (Å²) in [4.78, 5) is 12.1. The molecule has 0 bridgehead atoms. The Morgan fingerprint density at radius 1 is 1.37 bits per heavy atom. The maximum atomic E-state index is 12.1. The minimum Gasteiger partial charge on any atom is -0.504 e. The van der Waals surface area contributed by atoms with Crippen molar-refractivity contribution in [3.8, 4) is 0 Å². The second-order valence-corrected chi connectivity index (χ2v) is 6.69. The Bertz CT molecular complexity index is 684. The number of amides is 1. The average Bonchev–Trinajstić information content (AvgIpc) is 2.65. The van der Waals surface area contributed by atoms with Crippen molar-refractivity contribution in [3.05, 3.63) is 70.7 Å². The minimum atomic E-state index is -0.192. The van der Waals surface area contributed by atoms with E-state index in [9.17, 15) is 9.90 Å². The van der Waals surface area contributed by atoms with Crippen LogP contribution in [0.1, 0.15) is 39.2 Å². The number of ether oxygens (including phenoxy) is 1. The van der Waals surface area contributed by atoms with E-state index in [0.717, 1.165) is 12.0 Å². The highest BCUT2D eigenvalue weighted by atomic mass is 35.5. The molecule has 0 aliphatic rings. The van der Waals surface area contributed by atoms with Gasteiger partial charge in [-0.2, -0.15) is 0 Å². The molecule has 1 aromatic rings. The standard InChI is InChI=1S/C21H29ClN2O3/c1-5-16(3)27-14-23-19(21(26)17(4)22)13-15(2)24-20(25)12-11-18-9-7-6-8-10-18/h6-10,13,16,23,26H,4-5,11-12,14H2,1-3H3,(H,24,25)/b15-13+,21-19-. The number of nitrogens with one attached hydrogen (secondary N) is 2. The predicted octanol–water partition coefficient (Wildman–Crippen LogP) is 4.52. The summed E-state index contributed by atoms with van der Waals surface area (Å²) in [6, 6.07) is 9.82. The molecule has 0 radical (unpaired) electrons. The van der Waals surface area contributed by atoms with E-state index in [1.165, 1.54) is 0 Å². The summed E-state index contributed by atoms with van der Waals surface area (Å²) in [6.45, 7) is 9.44. The first kappa shape index (κ1) is 22.8. The van der Waals surface area contributed by atoms with Gasteiger partial charge in [-0.1, -0.05) is 55.4 Å². The van der Waals surface area contributed by atoms with Crippen LogP contribution in [-0.4, -0.2) is 23.8 Å². The zero-order valence-corrected chi connectivity index (χ0v) is 17.0. The van der Waals surface area contributed by atoms with E-state index in [1.807, 2.05) is 44.2 Å². The molecule has 148 valence electrons. The van der Waals surface area contributed by atoms with E-state index in [4.69, 9.17) is 16.3 Å². The fourth-order valence-corrected chi connectivity index (χ4v) is 2.27. The van der Waals surface area contributed by atoms with Crippen molar-refractivity contribution in [1.29, 1.82) is 0 Å². The molecule has 1 amide bonds. The summed E-state index contributed by atoms with van der Waals surface area (Å²) in [5, 5.41) is 15.9. The van der Waals surface area contributed by atoms with E-state index < -0.39 is 0 Å². The second kappa shape index (κ2) is 12.2. The van der Waals surface area contributed by atoms with E-state index in [-0.39, 0.29) is 29.5 Å². The van der Waals surface area contributed by atoms with E-state index in [2.05, 4.69) is 17.2 Å². The molecule has 6 heteroatoms. The largest absolute Gasteiger partial charge is 0.504 e. The number of aliphatic hydroxyl groups excluding tert-OH is 1. The zero-order valence-electron chi connectivity index (χ0n) is 16.2. The van der Waals surface area contributed by atoms with Gasteiger partial charge < -0.3 is 20.5 Å². The number of allylic oxidation sites excluding steroid dienone is 3. The molecule has 0 aromatic heterocycles. The molecule has 0 saturated heterocycles. The third-order valence-electron chi connectivity index (χ3n) is 3.90. The summed E-state index contributed by atoms with van der Waals surface area (Å²) in [7, 11) is 0. The van der Waals surface area contributed by atoms with Gasteiger partial charge >= 0.3 is 0 Å². The van der Waals surface area contributed by atoms with Gasteiger partial charge in [0, 0.05) is 12.1 Å². The summed E-state index contributed by atoms with van der Waals surface area (Å²) in [6.07, 6.45) is 3.59. The SMILES string of the molecule is C=C(Cl)/C(O)=C(\C=C(/C)NC(=O)CCc1ccccc1)NCOC(C)CC. The highest BCUT2D eigenvalue weighted by molar-refractivity contribution is 6.31. The molecule has 1 aromatic carbocycles. The molecule has 5 nitrogen and oxygen atoms in total. The molecule has 0 spiro atoms. The van der Waals surface area contributed by atoms with Crippen LogP contribution in [0.15, 0.2) is 65.2 Å². The highest BCUT2D eigenvalue weighted by Gasteiger charge is 2.09. The first-order valence-corrected chi connectivity index (χ1v) is 9.36. The van der Waals surface area contributed by atoms with Crippen LogP contribution < -0.4 is 10.6 Å². The average molecular weight is 393 g/mol. The lowest BCUT2D eigenvalue weighted by Gasteiger charge is -2.15. The lowest BCUT2D eigenvalue weighted by molar-refractivity contribution is -0.120. The smallest absolute Gasteiger partial charge is 0.224 e. The number of rotatable bonds is 11. The zero-order chi connectivity index (χ0) is 20.2. The number of benzene rings is 1. The van der Waals surface area contributed by atoms with Gasteiger partial charge in [-0.25, -0.2) is 0 Å². The van der Waals surface area contributed by atoms with Gasteiger partial charge in [-0.05, 0) is 38.3 Å². The van der Waals surface area contributed by atoms with Crippen LogP contribution in [0.5, 0.6) is 0 Å². The molecule has 1 rings (SSSR count). The Labute approximate surface area is 166 Å². The van der Waals surface area contributed by atoms with Crippen LogP contribution in [0, 0.1) is 0 Å². The lowest BCUT2D eigenvalue weighted by Crippen LogP contribution is -2.25. The number of aryl methyl sites for hydroxylation is 1. The molecule has 1 unspecified atom stereocenters. The van der Waals surface area contributed by atoms with Gasteiger partial charge in [0.25, 0.3) is 0 Å². The van der Waals surface area contributed by atoms with Crippen molar-refractivity contribution in [2.24, 2.45) is 0 Å². The monoisotopic (exact) mass is 392 g/mol. The minimum absolute atomic E-state index is 0.000458. The molecule has 0 saturated carbocycles. The fourth-order valence-electron chi connectivity index (χ4n) is 2.17. The Balaban J connectivity index is 2.67. The summed E-state index contributed by atoms with van der Waals surface area (Å²) < 4.78 is 5.56. The van der Waals surface area contributed by atoms with E-state index >= 15 is 0 Å². The molecule has 0 heterocycles. The maximum absolute atomic E-state index is 12.1. The predicted molar refractivity (Wildman–Crippen MR) is 110 cm³/mol. The van der Waals surface area contributed by atoms with Crippen LogP contribution in [0.4, 0.5) is 0 Å². The topological polar surface area (TPSA) is 70.6 Å². The van der Waals surface area contributed by atoms with Crippen molar-refractivity contribution in [2.75, 3.05) is 6.73 Å². The molecular weight excluding hydrogens is 364 g/mol. The van der Waals surface area contributed by atoms with Crippen molar-refractivity contribution in [3.63, 3.8) is 0 Å². The van der Waals surface area contributed by atoms with E-state index in [0.29, 0.717) is 24.2 Å². The molecule has 0 aliphatic carbocycles. The Kier molecular flexibility index (Phi) is 10.3. The maximum Gasteiger partial charge on any atom is 0.224 e. The van der Waals surface area contributed by atoms with Gasteiger partial charge in [-0.3, -0.25) is 4.79 Å². The highest BCUT2D eigenvalue weighted by Crippen LogP contribution is 2.14. The van der Waals surface area contributed by atoms with Crippen LogP contribution in [0.3, 0.4) is 0 Å². The van der Waals surface area contributed by atoms with Crippen molar-refractivity contribution >= 4 is 17.5 Å². The first-order chi connectivity index (χ1) is 12.8. The van der Waals surface area contributed by atoms with Crippen molar-refractivity contribution in [2.45, 2.75) is 46.1 Å². The number of hydrogen-bond donors (Lipinski definition) is 3. The van der Waals surface area contributed by atoms with Crippen LogP contribution >= 0.6 is 11.6 Å². The Morgan fingerprint density at radius 3 is 2.63 bits per heavy atom. The Hall–Kier alpha value is -2.24. The van der Waals surface area contributed by atoms with Gasteiger partial charge in [0.1, 0.15) is 6.73 Å². The fraction of sp³-hybridized carbons (Fsp3) is 0.381. The normalized spacial score (nSPS) is 13.6. The molecule has 0 aliphatic heterocycles. The van der Waals surface area contributed by atoms with Crippen LogP contribution in [-0.2, 0) is 16.0 Å². The first-order valence-electron chi connectivity index (χ1n) is 8.99. The lowest BCUT2D eigenvalue weighted by atomic mass is 10.1. The summed E-state index contributed by atoms with van der Waals surface area (Å²) in [5.41, 5.74) is 2.01. The summed E-state index contributed by atoms with van der Waals surface area (Å²) in [5.74, 6) is -0.297.